The Kier molecular flexibility index (Phi) is 33.5. The summed E-state index contributed by atoms with van der Waals surface area (Å²) in [6.45, 7) is 33.6. The molecule has 726 valence electrons. The maximum Gasteiger partial charge on any atom is 0.248 e. The second-order valence-electron chi connectivity index (χ2n) is 39.0. The number of aryl methyl sites for hydroxylation is 5. The molecule has 0 radical (unpaired) electrons. The summed E-state index contributed by atoms with van der Waals surface area (Å²) < 4.78 is 33.8. The minimum Gasteiger partial charge on any atom is -0.444 e. The number of thiazole rings is 1. The van der Waals surface area contributed by atoms with E-state index in [-0.39, 0.29) is 153 Å². The molecule has 12 aromatic rings. The summed E-state index contributed by atoms with van der Waals surface area (Å²) in [5.41, 5.74) is 13.5. The van der Waals surface area contributed by atoms with E-state index in [0.717, 1.165) is 60.6 Å². The third-order valence-corrected chi connectivity index (χ3v) is 27.3. The van der Waals surface area contributed by atoms with Crippen LogP contribution in [0.5, 0.6) is 0 Å². The Labute approximate surface area is 802 Å². The van der Waals surface area contributed by atoms with Crippen LogP contribution in [0.25, 0.3) is 44.4 Å². The molecule has 4 saturated heterocycles. The van der Waals surface area contributed by atoms with Crippen molar-refractivity contribution in [2.24, 2.45) is 17.3 Å². The van der Waals surface area contributed by atoms with Crippen LogP contribution in [0.1, 0.15) is 256 Å². The zero-order valence-electron chi connectivity index (χ0n) is 81.0. The molecule has 16 atom stereocenters. The second kappa shape index (κ2) is 45.1. The Morgan fingerprint density at radius 1 is 0.431 bits per heavy atom. The van der Waals surface area contributed by atoms with Gasteiger partial charge in [-0.25, -0.2) is 19.9 Å². The highest BCUT2D eigenvalue weighted by atomic mass is 32.1. The van der Waals surface area contributed by atoms with Crippen LogP contribution >= 0.6 is 11.3 Å². The number of amides is 4. The lowest BCUT2D eigenvalue weighted by molar-refractivity contribution is -0.142. The van der Waals surface area contributed by atoms with Crippen LogP contribution < -0.4 is 0 Å². The van der Waals surface area contributed by atoms with Crippen molar-refractivity contribution >= 4 is 58.1 Å². The molecule has 4 aromatic carbocycles. The molecule has 0 saturated carbocycles. The first-order chi connectivity index (χ1) is 65.3. The maximum absolute atomic E-state index is 13.7. The lowest BCUT2D eigenvalue weighted by Crippen LogP contribution is -2.46. The zero-order chi connectivity index (χ0) is 98.5. The molecular weight excluding hydrogens is 1760 g/mol. The molecule has 0 aliphatic carbocycles. The monoisotopic (exact) mass is 1890 g/mol. The fourth-order valence-corrected chi connectivity index (χ4v) is 19.8. The number of hydrogen-bond acceptors (Lipinski definition) is 27. The fraction of sp³-hybridized carbons (Fsp3) is 0.467. The normalized spacial score (nSPS) is 20.0. The van der Waals surface area contributed by atoms with Gasteiger partial charge in [0.15, 0.2) is 59.6 Å². The van der Waals surface area contributed by atoms with Gasteiger partial charge in [0.1, 0.15) is 35.2 Å². The van der Waals surface area contributed by atoms with Crippen molar-refractivity contribution in [1.29, 1.82) is 0 Å². The van der Waals surface area contributed by atoms with E-state index in [1.54, 1.807) is 82.7 Å². The summed E-state index contributed by atoms with van der Waals surface area (Å²) in [6.07, 6.45) is 12.5. The van der Waals surface area contributed by atoms with Crippen LogP contribution in [0, 0.1) is 51.9 Å². The first-order valence-corrected chi connectivity index (χ1v) is 48.0. The highest BCUT2D eigenvalue weighted by Crippen LogP contribution is 2.42. The van der Waals surface area contributed by atoms with Crippen molar-refractivity contribution in [2.75, 3.05) is 26.2 Å². The number of aromatic nitrogens is 9. The number of aliphatic hydroxyl groups excluding tert-OH is 4. The summed E-state index contributed by atoms with van der Waals surface area (Å²) in [7, 11) is 0. The number of oxazole rings is 3. The van der Waals surface area contributed by atoms with Gasteiger partial charge >= 0.3 is 0 Å². The Bertz CT molecular complexity index is 6010. The van der Waals surface area contributed by atoms with Gasteiger partial charge < -0.3 is 66.8 Å². The van der Waals surface area contributed by atoms with Crippen LogP contribution in [0.4, 0.5) is 0 Å². The number of rotatable bonds is 31. The quantitative estimate of drug-likeness (QED) is 0.0313. The number of nitrogens with zero attached hydrogens (tertiary/aromatic N) is 13. The Morgan fingerprint density at radius 3 is 1.07 bits per heavy atom. The maximum atomic E-state index is 13.7. The van der Waals surface area contributed by atoms with Gasteiger partial charge in [-0.3, -0.25) is 43.0 Å². The van der Waals surface area contributed by atoms with Crippen LogP contribution in [-0.4, -0.2) is 207 Å². The average molecular weight is 1890 g/mol. The van der Waals surface area contributed by atoms with Crippen LogP contribution in [0.15, 0.2) is 198 Å². The molecule has 8 aromatic heterocycles. The molecule has 0 bridgehead atoms. The second-order valence-corrected chi connectivity index (χ2v) is 39.9. The van der Waals surface area contributed by atoms with Gasteiger partial charge in [0, 0.05) is 119 Å². The molecule has 4 amide bonds. The number of carbonyl (C=O) groups excluding carboxylic acids is 8. The van der Waals surface area contributed by atoms with Crippen molar-refractivity contribution < 1.29 is 85.6 Å². The number of aliphatic hydroxyl groups is 4. The lowest BCUT2D eigenvalue weighted by Gasteiger charge is -2.33. The van der Waals surface area contributed by atoms with E-state index in [0.29, 0.717) is 64.5 Å². The fourth-order valence-electron chi connectivity index (χ4n) is 19.0. The van der Waals surface area contributed by atoms with E-state index in [9.17, 15) is 58.8 Å². The van der Waals surface area contributed by atoms with Gasteiger partial charge in [0.2, 0.25) is 23.6 Å². The predicted octanol–water partition coefficient (Wildman–Crippen LogP) is 17.0. The molecule has 4 aliphatic heterocycles. The molecule has 16 rings (SSSR count). The summed E-state index contributed by atoms with van der Waals surface area (Å²) >= 11 is 1.62. The average Bonchev–Trinajstić information content (AvgIpc) is 1.67. The number of carbonyl (C=O) groups is 8. The van der Waals surface area contributed by atoms with Gasteiger partial charge in [-0.15, -0.1) is 11.3 Å². The highest BCUT2D eigenvalue weighted by Gasteiger charge is 2.49. The van der Waals surface area contributed by atoms with E-state index in [1.807, 2.05) is 188 Å². The first kappa shape index (κ1) is 102. The summed E-state index contributed by atoms with van der Waals surface area (Å²) in [4.78, 5) is 131. The summed E-state index contributed by atoms with van der Waals surface area (Å²) in [6, 6.07) is 34.0. The van der Waals surface area contributed by atoms with E-state index >= 15 is 0 Å². The number of likely N-dealkylation sites (tertiary alicyclic amines) is 4. The van der Waals surface area contributed by atoms with Crippen molar-refractivity contribution in [3.8, 4) is 44.4 Å². The Morgan fingerprint density at radius 2 is 0.774 bits per heavy atom. The third kappa shape index (κ3) is 24.9. The standard InChI is InChI=1S/C27H34N4O3S.C27H33N3O5.C26H31N3O5.C25H29N3O5/c1-16(2)25(31-13-17(3)12-29-31)27(34)30-14-22(32)11-23(30)24(33)10-18(4)20-6-8-21(9-7-20)26-19(5)28-15-35-26;1-16(18-6-8-19(9-7-18)24-13-28-15-34-24)10-22(32)21-12-20(31)14-30(21)26(33)25(27(3,4)5)23-11-17(2)29-35-23;1-15(2)25(23-10-17(4)28-34-23)26(32)29-13-20(30)11-21(29)22(31)9-16(3)18-5-7-19(8-6-18)24-12-27-14-33-24;1-4-20(23-10-16(3)27-33-23)25(31)28-13-19(29)11-21(28)22(30)9-15(2)17-5-7-18(8-6-17)24-12-26-14-32-24/h6-9,12-13,15-16,18,22-23,25,32H,10-11,14H2,1-5H3;6-9,11,13,15-16,20-21,25,31H,10,12,14H2,1-5H3;5-8,10,12,14-16,20-21,25,30H,9,11,13H2,1-4H3;5-8,10,12,14-15,19-21,29H,4,9,11,13H2,1-3H3/t18-,22-,23+,25+;2*16-,20-,21+,25-;15-,19-,20-,21+/m1111/s1. The molecule has 0 spiro atoms. The minimum atomic E-state index is -0.735. The molecule has 4 N–H and O–H groups in total. The van der Waals surface area contributed by atoms with Crippen molar-refractivity contribution in [1.82, 2.24) is 64.8 Å². The molecule has 31 nitrogen and oxygen atoms in total. The van der Waals surface area contributed by atoms with Crippen LogP contribution in [-0.2, 0) is 38.4 Å². The third-order valence-electron chi connectivity index (χ3n) is 26.4. The van der Waals surface area contributed by atoms with E-state index in [1.165, 1.54) is 29.0 Å². The molecule has 137 heavy (non-hydrogen) atoms. The topological polar surface area (TPSA) is 417 Å². The van der Waals surface area contributed by atoms with Crippen molar-refractivity contribution in [2.45, 2.75) is 272 Å². The van der Waals surface area contributed by atoms with Crippen LogP contribution in [0.3, 0.4) is 0 Å². The van der Waals surface area contributed by atoms with E-state index in [4.69, 9.17) is 26.8 Å². The van der Waals surface area contributed by atoms with Gasteiger partial charge in [0.25, 0.3) is 0 Å². The number of ketones is 4. The lowest BCUT2D eigenvalue weighted by atomic mass is 9.78. The van der Waals surface area contributed by atoms with Gasteiger partial charge in [-0.2, -0.15) is 5.10 Å². The number of hydrogen-bond donors (Lipinski definition) is 4. The van der Waals surface area contributed by atoms with Gasteiger partial charge in [0.05, 0.1) is 112 Å². The van der Waals surface area contributed by atoms with Gasteiger partial charge in [-0.05, 0) is 115 Å². The summed E-state index contributed by atoms with van der Waals surface area (Å²) in [5.74, 6) is 0.744. The molecule has 0 unspecified atom stereocenters. The number of β-amino-alcohol motifs (C(OH)–C–C–N with tert-alkyl or cyclic N) is 4. The zero-order valence-corrected chi connectivity index (χ0v) is 81.8. The minimum absolute atomic E-state index is 0.00321. The molecule has 12 heterocycles. The molecule has 4 fully saturated rings. The van der Waals surface area contributed by atoms with E-state index < -0.39 is 77.8 Å². The van der Waals surface area contributed by atoms with Gasteiger partial charge in [-0.1, -0.05) is 196 Å². The predicted molar refractivity (Wildman–Crippen MR) is 512 cm³/mol. The Balaban J connectivity index is 0.000000154. The largest absolute Gasteiger partial charge is 0.444 e. The van der Waals surface area contributed by atoms with Crippen LogP contribution in [0.2, 0.25) is 0 Å². The van der Waals surface area contributed by atoms with Crippen molar-refractivity contribution in [3.63, 3.8) is 0 Å². The number of benzene rings is 4. The highest BCUT2D eigenvalue weighted by molar-refractivity contribution is 7.13. The molecular formula is C105H127N13O18S. The smallest absolute Gasteiger partial charge is 0.248 e. The summed E-state index contributed by atoms with van der Waals surface area (Å²) in [5, 5.41) is 57.5. The SMILES string of the molecule is CC[C@@H](C(=O)N1C[C@H](O)C[C@H]1C(=O)C[C@@H](C)c1ccc(-c2cnco2)cc1)c1cc(C)no1.Cc1cc([C@H](C(=O)N2C[C@H](O)C[C@H]2C(=O)C[C@@H](C)c2ccc(-c3cnco3)cc2)C(C)(C)C)on1.Cc1cc([C@H](C(=O)N2C[C@H](O)C[C@H]2C(=O)C[C@@H](C)c2ccc(-c3cnco3)cc2)C(C)C)on1.Cc1cnn([C@H](C(=O)N2C[C@H](O)C[C@H]2C(=O)C[C@@H](C)c2ccc(-c3scnc3C)cc2)C(C)C)c1. The van der Waals surface area contributed by atoms with E-state index in [2.05, 4.69) is 64.8 Å². The molecule has 4 aliphatic rings. The molecule has 32 heteroatoms. The Hall–Kier alpha value is -12.6. The first-order valence-electron chi connectivity index (χ1n) is 47.1. The van der Waals surface area contributed by atoms with Crippen molar-refractivity contribution in [3.05, 3.63) is 239 Å². The number of Topliss-reactive ketones (excluding diaryl/α,β-unsaturated/α-hetero) is 4.